The van der Waals surface area contributed by atoms with Crippen molar-refractivity contribution in [1.82, 2.24) is 0 Å². The second kappa shape index (κ2) is 2.32. The molecule has 2 aliphatic carbocycles. The lowest BCUT2D eigenvalue weighted by atomic mass is 9.82. The largest absolute Gasteiger partial charge is 0.391 e. The van der Waals surface area contributed by atoms with Gasteiger partial charge in [-0.3, -0.25) is 0 Å². The molecule has 0 heterocycles. The van der Waals surface area contributed by atoms with E-state index in [9.17, 15) is 5.11 Å². The van der Waals surface area contributed by atoms with E-state index in [1.165, 1.54) is 6.42 Å². The second-order valence-corrected chi connectivity index (χ2v) is 3.85. The summed E-state index contributed by atoms with van der Waals surface area (Å²) in [5, 5.41) is 9.66. The first kappa shape index (κ1) is 7.32. The van der Waals surface area contributed by atoms with E-state index in [-0.39, 0.29) is 11.5 Å². The van der Waals surface area contributed by atoms with Crippen LogP contribution in [0.4, 0.5) is 0 Å². The van der Waals surface area contributed by atoms with Crippen LogP contribution >= 0.6 is 0 Å². The highest BCUT2D eigenvalue weighted by molar-refractivity contribution is 5.18. The van der Waals surface area contributed by atoms with Crippen LogP contribution in [0.3, 0.4) is 0 Å². The number of nitrogens with two attached hydrogens (primary N) is 1. The Morgan fingerprint density at radius 2 is 2.55 bits per heavy atom. The molecule has 0 radical (unpaired) electrons. The van der Waals surface area contributed by atoms with Gasteiger partial charge in [0.2, 0.25) is 0 Å². The minimum Gasteiger partial charge on any atom is -0.391 e. The first-order valence-corrected chi connectivity index (χ1v) is 4.34. The lowest BCUT2D eigenvalue weighted by molar-refractivity contribution is 0.0721. The van der Waals surface area contributed by atoms with E-state index >= 15 is 0 Å². The van der Waals surface area contributed by atoms with Gasteiger partial charge >= 0.3 is 0 Å². The van der Waals surface area contributed by atoms with Crippen LogP contribution in [-0.2, 0) is 0 Å². The maximum Gasteiger partial charge on any atom is 0.0753 e. The summed E-state index contributed by atoms with van der Waals surface area (Å²) in [7, 11) is 0. The molecule has 0 amide bonds. The van der Waals surface area contributed by atoms with Gasteiger partial charge in [0, 0.05) is 12.0 Å². The van der Waals surface area contributed by atoms with Crippen LogP contribution in [0.2, 0.25) is 0 Å². The van der Waals surface area contributed by atoms with Gasteiger partial charge in [-0.1, -0.05) is 12.2 Å². The number of aliphatic hydroxyl groups is 1. The number of hydrogen-bond donors (Lipinski definition) is 2. The van der Waals surface area contributed by atoms with Gasteiger partial charge in [0.25, 0.3) is 0 Å². The van der Waals surface area contributed by atoms with Gasteiger partial charge < -0.3 is 10.8 Å². The molecular weight excluding hydrogens is 138 g/mol. The maximum absolute atomic E-state index is 9.66. The summed E-state index contributed by atoms with van der Waals surface area (Å²) >= 11 is 0. The van der Waals surface area contributed by atoms with Crippen molar-refractivity contribution in [1.29, 1.82) is 0 Å². The highest BCUT2D eigenvalue weighted by Crippen LogP contribution is 2.50. The molecule has 2 bridgehead atoms. The Kier molecular flexibility index (Phi) is 1.55. The lowest BCUT2D eigenvalue weighted by Gasteiger charge is -2.28. The predicted molar refractivity (Wildman–Crippen MR) is 44.0 cm³/mol. The third-order valence-corrected chi connectivity index (χ3v) is 3.21. The van der Waals surface area contributed by atoms with Gasteiger partial charge in [0.05, 0.1) is 6.10 Å². The summed E-state index contributed by atoms with van der Waals surface area (Å²) < 4.78 is 0. The summed E-state index contributed by atoms with van der Waals surface area (Å²) in [6, 6.07) is 0. The van der Waals surface area contributed by atoms with Gasteiger partial charge in [0.1, 0.15) is 0 Å². The second-order valence-electron chi connectivity index (χ2n) is 3.85. The van der Waals surface area contributed by atoms with Crippen LogP contribution < -0.4 is 5.73 Å². The van der Waals surface area contributed by atoms with E-state index in [0.29, 0.717) is 6.54 Å². The zero-order valence-corrected chi connectivity index (χ0v) is 6.66. The Labute approximate surface area is 67.1 Å². The molecule has 0 saturated heterocycles. The van der Waals surface area contributed by atoms with Crippen molar-refractivity contribution < 1.29 is 5.11 Å². The molecule has 0 aromatic carbocycles. The topological polar surface area (TPSA) is 46.2 Å². The molecule has 2 heteroatoms. The molecule has 0 aromatic rings. The fourth-order valence-electron chi connectivity index (χ4n) is 2.44. The van der Waals surface area contributed by atoms with Crippen molar-refractivity contribution in [2.24, 2.45) is 17.1 Å². The molecule has 2 aliphatic rings. The van der Waals surface area contributed by atoms with E-state index in [4.69, 9.17) is 5.73 Å². The highest BCUT2D eigenvalue weighted by Gasteiger charge is 2.44. The molecule has 3 unspecified atom stereocenters. The predicted octanol–water partition coefficient (Wildman–Crippen LogP) is 0.662. The van der Waals surface area contributed by atoms with E-state index < -0.39 is 0 Å². The van der Waals surface area contributed by atoms with Crippen LogP contribution in [-0.4, -0.2) is 17.8 Å². The number of aliphatic hydroxyl groups excluding tert-OH is 1. The lowest BCUT2D eigenvalue weighted by Crippen LogP contribution is -2.36. The highest BCUT2D eigenvalue weighted by atomic mass is 16.3. The zero-order valence-electron chi connectivity index (χ0n) is 6.66. The standard InChI is InChI=1S/C9H15NO/c10-6-8(11)9-3-1-7(5-9)2-4-9/h1,3,7-8,11H,2,4-6,10H2. The molecule has 1 saturated carbocycles. The first-order chi connectivity index (χ1) is 5.27. The average Bonchev–Trinajstić information content (AvgIpc) is 2.62. The third-order valence-electron chi connectivity index (χ3n) is 3.21. The quantitative estimate of drug-likeness (QED) is 0.572. The van der Waals surface area contributed by atoms with Gasteiger partial charge in [-0.2, -0.15) is 0 Å². The Morgan fingerprint density at radius 3 is 2.91 bits per heavy atom. The van der Waals surface area contributed by atoms with E-state index in [1.54, 1.807) is 0 Å². The summed E-state index contributed by atoms with van der Waals surface area (Å²) in [4.78, 5) is 0. The summed E-state index contributed by atoms with van der Waals surface area (Å²) in [5.74, 6) is 0.733. The fourth-order valence-corrected chi connectivity index (χ4v) is 2.44. The van der Waals surface area contributed by atoms with E-state index in [1.807, 2.05) is 0 Å². The minimum absolute atomic E-state index is 0.0689. The molecule has 62 valence electrons. The molecule has 11 heavy (non-hydrogen) atoms. The molecular formula is C9H15NO. The van der Waals surface area contributed by atoms with Crippen LogP contribution in [0.1, 0.15) is 19.3 Å². The molecule has 1 fully saturated rings. The van der Waals surface area contributed by atoms with Crippen LogP contribution in [0.25, 0.3) is 0 Å². The summed E-state index contributed by atoms with van der Waals surface area (Å²) in [6.07, 6.45) is 7.61. The Morgan fingerprint density at radius 1 is 1.73 bits per heavy atom. The molecule has 0 aromatic heterocycles. The number of rotatable bonds is 2. The zero-order chi connectivity index (χ0) is 7.90. The normalized spacial score (nSPS) is 43.3. The van der Waals surface area contributed by atoms with Crippen molar-refractivity contribution in [2.75, 3.05) is 6.54 Å². The fraction of sp³-hybridized carbons (Fsp3) is 0.778. The van der Waals surface area contributed by atoms with Crippen LogP contribution in [0.5, 0.6) is 0 Å². The third kappa shape index (κ3) is 0.932. The van der Waals surface area contributed by atoms with Crippen molar-refractivity contribution in [2.45, 2.75) is 25.4 Å². The smallest absolute Gasteiger partial charge is 0.0753 e. The average molecular weight is 153 g/mol. The molecule has 0 aliphatic heterocycles. The van der Waals surface area contributed by atoms with E-state index in [2.05, 4.69) is 12.2 Å². The summed E-state index contributed by atoms with van der Waals surface area (Å²) in [5.41, 5.74) is 5.52. The van der Waals surface area contributed by atoms with E-state index in [0.717, 1.165) is 18.8 Å². The molecule has 3 N–H and O–H groups in total. The van der Waals surface area contributed by atoms with Gasteiger partial charge in [-0.25, -0.2) is 0 Å². The monoisotopic (exact) mass is 153 g/mol. The number of fused-ring (bicyclic) bond motifs is 2. The summed E-state index contributed by atoms with van der Waals surface area (Å²) in [6.45, 7) is 0.400. The molecule has 3 atom stereocenters. The number of hydrogen-bond acceptors (Lipinski definition) is 2. The van der Waals surface area contributed by atoms with Gasteiger partial charge in [-0.15, -0.1) is 0 Å². The SMILES string of the molecule is NCC(O)C12C=CC(CC1)C2. The van der Waals surface area contributed by atoms with Crippen LogP contribution in [0.15, 0.2) is 12.2 Å². The maximum atomic E-state index is 9.66. The molecule has 2 rings (SSSR count). The molecule has 2 nitrogen and oxygen atoms in total. The first-order valence-electron chi connectivity index (χ1n) is 4.34. The molecule has 0 spiro atoms. The van der Waals surface area contributed by atoms with Crippen LogP contribution in [0, 0.1) is 11.3 Å². The van der Waals surface area contributed by atoms with Crippen molar-refractivity contribution >= 4 is 0 Å². The van der Waals surface area contributed by atoms with Crippen molar-refractivity contribution in [3.8, 4) is 0 Å². The number of allylic oxidation sites excluding steroid dienone is 1. The van der Waals surface area contributed by atoms with Crippen molar-refractivity contribution in [3.05, 3.63) is 12.2 Å². The minimum atomic E-state index is -0.314. The van der Waals surface area contributed by atoms with Gasteiger partial charge in [-0.05, 0) is 25.2 Å². The Balaban J connectivity index is 2.17. The van der Waals surface area contributed by atoms with Crippen molar-refractivity contribution in [3.63, 3.8) is 0 Å². The van der Waals surface area contributed by atoms with Gasteiger partial charge in [0.15, 0.2) is 0 Å². The Bertz CT molecular complexity index is 190. The Hall–Kier alpha value is -0.340.